The molecule has 1 heterocycles. The SMILES string of the molecule is CCOC(=O)C1CCN(/C(N)=C/C=C(N)N)CC1. The quantitative estimate of drug-likeness (QED) is 0.474. The third-order valence-electron chi connectivity index (χ3n) is 2.93. The van der Waals surface area contributed by atoms with E-state index in [4.69, 9.17) is 21.9 Å². The molecule has 0 atom stereocenters. The first-order valence-corrected chi connectivity index (χ1v) is 6.14. The van der Waals surface area contributed by atoms with Crippen molar-refractivity contribution in [2.24, 2.45) is 23.1 Å². The van der Waals surface area contributed by atoms with Crippen LogP contribution in [0.2, 0.25) is 0 Å². The van der Waals surface area contributed by atoms with Gasteiger partial charge in [0.25, 0.3) is 0 Å². The predicted octanol–water partition coefficient (Wildman–Crippen LogP) is -0.180. The van der Waals surface area contributed by atoms with Gasteiger partial charge in [-0.3, -0.25) is 4.79 Å². The number of allylic oxidation sites excluding steroid dienone is 2. The van der Waals surface area contributed by atoms with E-state index in [-0.39, 0.29) is 17.7 Å². The van der Waals surface area contributed by atoms with E-state index in [1.54, 1.807) is 12.2 Å². The van der Waals surface area contributed by atoms with Crippen LogP contribution in [0.4, 0.5) is 0 Å². The number of esters is 1. The minimum atomic E-state index is -0.106. The summed E-state index contributed by atoms with van der Waals surface area (Å²) in [6.07, 6.45) is 4.76. The Kier molecular flexibility index (Phi) is 5.35. The summed E-state index contributed by atoms with van der Waals surface area (Å²) in [6.45, 7) is 3.73. The molecule has 1 saturated heterocycles. The fourth-order valence-corrected chi connectivity index (χ4v) is 1.92. The second kappa shape index (κ2) is 6.78. The molecule has 0 bridgehead atoms. The first kappa shape index (κ1) is 14.2. The molecule has 0 aromatic heterocycles. The number of nitrogens with zero attached hydrogens (tertiary/aromatic N) is 1. The number of rotatable bonds is 4. The highest BCUT2D eigenvalue weighted by molar-refractivity contribution is 5.72. The Hall–Kier alpha value is -1.85. The number of carbonyl (C=O) groups excluding carboxylic acids is 1. The van der Waals surface area contributed by atoms with Gasteiger partial charge in [-0.05, 0) is 31.9 Å². The van der Waals surface area contributed by atoms with E-state index in [1.807, 2.05) is 11.8 Å². The van der Waals surface area contributed by atoms with Crippen LogP contribution in [-0.4, -0.2) is 30.6 Å². The molecule has 18 heavy (non-hydrogen) atoms. The molecule has 1 aliphatic heterocycles. The second-order valence-corrected chi connectivity index (χ2v) is 4.27. The van der Waals surface area contributed by atoms with Crippen molar-refractivity contribution in [3.63, 3.8) is 0 Å². The summed E-state index contributed by atoms with van der Waals surface area (Å²) in [5.74, 6) is 0.722. The third-order valence-corrected chi connectivity index (χ3v) is 2.93. The van der Waals surface area contributed by atoms with Gasteiger partial charge in [0, 0.05) is 13.1 Å². The average molecular weight is 254 g/mol. The molecule has 1 rings (SSSR count). The van der Waals surface area contributed by atoms with Crippen LogP contribution in [0.1, 0.15) is 19.8 Å². The van der Waals surface area contributed by atoms with Gasteiger partial charge in [-0.15, -0.1) is 0 Å². The number of likely N-dealkylation sites (tertiary alicyclic amines) is 1. The summed E-state index contributed by atoms with van der Waals surface area (Å²) in [7, 11) is 0. The zero-order valence-electron chi connectivity index (χ0n) is 10.8. The maximum atomic E-state index is 11.6. The molecular weight excluding hydrogens is 232 g/mol. The molecule has 1 fully saturated rings. The van der Waals surface area contributed by atoms with Gasteiger partial charge in [0.2, 0.25) is 0 Å². The van der Waals surface area contributed by atoms with Gasteiger partial charge >= 0.3 is 5.97 Å². The molecule has 0 radical (unpaired) electrons. The number of carbonyl (C=O) groups is 1. The molecule has 0 amide bonds. The Morgan fingerprint density at radius 3 is 2.39 bits per heavy atom. The van der Waals surface area contributed by atoms with E-state index in [0.29, 0.717) is 12.4 Å². The minimum Gasteiger partial charge on any atom is -0.466 e. The van der Waals surface area contributed by atoms with E-state index in [1.165, 1.54) is 0 Å². The smallest absolute Gasteiger partial charge is 0.309 e. The average Bonchev–Trinajstić information content (AvgIpc) is 2.36. The highest BCUT2D eigenvalue weighted by Gasteiger charge is 2.25. The molecule has 0 aliphatic carbocycles. The highest BCUT2D eigenvalue weighted by Crippen LogP contribution is 2.20. The van der Waals surface area contributed by atoms with Crippen LogP contribution >= 0.6 is 0 Å². The first-order chi connectivity index (χ1) is 8.54. The fourth-order valence-electron chi connectivity index (χ4n) is 1.92. The van der Waals surface area contributed by atoms with E-state index in [0.717, 1.165) is 25.9 Å². The molecule has 0 spiro atoms. The summed E-state index contributed by atoms with van der Waals surface area (Å²) in [6, 6.07) is 0. The topological polar surface area (TPSA) is 108 Å². The predicted molar refractivity (Wildman–Crippen MR) is 69.7 cm³/mol. The van der Waals surface area contributed by atoms with Crippen LogP contribution in [0.25, 0.3) is 0 Å². The molecule has 6 nitrogen and oxygen atoms in total. The highest BCUT2D eigenvalue weighted by atomic mass is 16.5. The lowest BCUT2D eigenvalue weighted by Crippen LogP contribution is -2.38. The fraction of sp³-hybridized carbons (Fsp3) is 0.583. The van der Waals surface area contributed by atoms with E-state index in [9.17, 15) is 4.79 Å². The van der Waals surface area contributed by atoms with Gasteiger partial charge in [0.15, 0.2) is 0 Å². The zero-order valence-corrected chi connectivity index (χ0v) is 10.8. The van der Waals surface area contributed by atoms with Crippen molar-refractivity contribution in [2.75, 3.05) is 19.7 Å². The first-order valence-electron chi connectivity index (χ1n) is 6.14. The van der Waals surface area contributed by atoms with Gasteiger partial charge in [-0.1, -0.05) is 0 Å². The summed E-state index contributed by atoms with van der Waals surface area (Å²) in [5, 5.41) is 0. The van der Waals surface area contributed by atoms with E-state index in [2.05, 4.69) is 0 Å². The summed E-state index contributed by atoms with van der Waals surface area (Å²) < 4.78 is 5.01. The molecule has 0 unspecified atom stereocenters. The van der Waals surface area contributed by atoms with Gasteiger partial charge in [-0.25, -0.2) is 0 Å². The van der Waals surface area contributed by atoms with E-state index < -0.39 is 0 Å². The van der Waals surface area contributed by atoms with Crippen LogP contribution in [0.3, 0.4) is 0 Å². The Morgan fingerprint density at radius 2 is 1.89 bits per heavy atom. The van der Waals surface area contributed by atoms with Crippen LogP contribution in [-0.2, 0) is 9.53 Å². The van der Waals surface area contributed by atoms with Crippen molar-refractivity contribution in [3.05, 3.63) is 23.8 Å². The zero-order chi connectivity index (χ0) is 13.5. The van der Waals surface area contributed by atoms with Crippen molar-refractivity contribution in [1.29, 1.82) is 0 Å². The number of hydrogen-bond donors (Lipinski definition) is 3. The number of hydrogen-bond acceptors (Lipinski definition) is 6. The van der Waals surface area contributed by atoms with Crippen LogP contribution in [0, 0.1) is 5.92 Å². The lowest BCUT2D eigenvalue weighted by Gasteiger charge is -2.32. The lowest BCUT2D eigenvalue weighted by molar-refractivity contribution is -0.149. The largest absolute Gasteiger partial charge is 0.466 e. The van der Waals surface area contributed by atoms with Gasteiger partial charge in [-0.2, -0.15) is 0 Å². The molecule has 6 N–H and O–H groups in total. The summed E-state index contributed by atoms with van der Waals surface area (Å²) >= 11 is 0. The van der Waals surface area contributed by atoms with Gasteiger partial charge in [0.05, 0.1) is 24.2 Å². The van der Waals surface area contributed by atoms with Crippen molar-refractivity contribution in [2.45, 2.75) is 19.8 Å². The van der Waals surface area contributed by atoms with E-state index >= 15 is 0 Å². The maximum absolute atomic E-state index is 11.6. The van der Waals surface area contributed by atoms with Crippen LogP contribution < -0.4 is 17.2 Å². The molecular formula is C12H22N4O2. The Bertz CT molecular complexity index is 340. The molecule has 6 heteroatoms. The van der Waals surface area contributed by atoms with Crippen LogP contribution in [0.5, 0.6) is 0 Å². The maximum Gasteiger partial charge on any atom is 0.309 e. The lowest BCUT2D eigenvalue weighted by atomic mass is 9.97. The number of piperidine rings is 1. The summed E-state index contributed by atoms with van der Waals surface area (Å²) in [4.78, 5) is 13.6. The standard InChI is InChI=1S/C12H22N4O2/c1-2-18-12(17)9-5-7-16(8-6-9)11(15)4-3-10(13)14/h3-4,9H,2,5-8,13-15H2,1H3/b11-4+. The Labute approximate surface area is 107 Å². The molecule has 1 aliphatic rings. The van der Waals surface area contributed by atoms with Crippen molar-refractivity contribution in [3.8, 4) is 0 Å². The molecule has 102 valence electrons. The summed E-state index contributed by atoms with van der Waals surface area (Å²) in [5.41, 5.74) is 16.5. The normalized spacial score (nSPS) is 17.4. The Morgan fingerprint density at radius 1 is 1.28 bits per heavy atom. The monoisotopic (exact) mass is 254 g/mol. The minimum absolute atomic E-state index is 0.0101. The molecule has 0 aromatic rings. The van der Waals surface area contributed by atoms with Gasteiger partial charge in [0.1, 0.15) is 0 Å². The van der Waals surface area contributed by atoms with Crippen molar-refractivity contribution >= 4 is 5.97 Å². The van der Waals surface area contributed by atoms with Crippen molar-refractivity contribution in [1.82, 2.24) is 4.90 Å². The van der Waals surface area contributed by atoms with Gasteiger partial charge < -0.3 is 26.8 Å². The number of nitrogens with two attached hydrogens (primary N) is 3. The molecule has 0 aromatic carbocycles. The van der Waals surface area contributed by atoms with Crippen molar-refractivity contribution < 1.29 is 9.53 Å². The second-order valence-electron chi connectivity index (χ2n) is 4.27. The Balaban J connectivity index is 2.46. The van der Waals surface area contributed by atoms with Crippen LogP contribution in [0.15, 0.2) is 23.8 Å². The molecule has 0 saturated carbocycles. The third kappa shape index (κ3) is 4.20. The number of ether oxygens (including phenoxy) is 1.